The smallest absolute Gasteiger partial charge is 0.410 e. The predicted octanol–water partition coefficient (Wildman–Crippen LogP) is 3.15. The summed E-state index contributed by atoms with van der Waals surface area (Å²) in [4.78, 5) is 42.8. The molecule has 2 aliphatic rings. The number of aliphatic hydroxyl groups is 1. The highest BCUT2D eigenvalue weighted by Gasteiger charge is 2.56. The van der Waals surface area contributed by atoms with E-state index in [0.717, 1.165) is 16.8 Å². The van der Waals surface area contributed by atoms with Crippen molar-refractivity contribution in [3.05, 3.63) is 65.7 Å². The number of anilines is 1. The number of hydrogen-bond donors (Lipinski definition) is 2. The molecule has 3 atom stereocenters. The summed E-state index contributed by atoms with van der Waals surface area (Å²) >= 11 is 0. The Balaban J connectivity index is 1.55. The van der Waals surface area contributed by atoms with E-state index in [1.54, 1.807) is 11.9 Å². The Morgan fingerprint density at radius 1 is 1.17 bits per heavy atom. The van der Waals surface area contributed by atoms with E-state index in [9.17, 15) is 19.5 Å². The van der Waals surface area contributed by atoms with E-state index in [1.807, 2.05) is 68.4 Å². The van der Waals surface area contributed by atoms with Crippen LogP contribution >= 0.6 is 0 Å². The number of carbonyl (C=O) groups excluding carboxylic acids is 3. The first-order chi connectivity index (χ1) is 16.8. The fraction of sp³-hybridized carbons (Fsp3) is 0.444. The van der Waals surface area contributed by atoms with Crippen LogP contribution in [0.3, 0.4) is 0 Å². The number of ether oxygens (including phenoxy) is 1. The van der Waals surface area contributed by atoms with Crippen LogP contribution in [-0.2, 0) is 26.3 Å². The second-order valence-corrected chi connectivity index (χ2v) is 9.88. The summed E-state index contributed by atoms with van der Waals surface area (Å²) in [5.41, 5.74) is 1.53. The number of hydrogen-bond acceptors (Lipinski definition) is 5. The zero-order chi connectivity index (χ0) is 25.2. The predicted molar refractivity (Wildman–Crippen MR) is 132 cm³/mol. The molecule has 0 aliphatic carbocycles. The Labute approximate surface area is 205 Å². The average Bonchev–Trinajstić information content (AvgIpc) is 3.39. The van der Waals surface area contributed by atoms with Crippen molar-refractivity contribution in [1.82, 2.24) is 9.80 Å². The number of likely N-dealkylation sites (tertiary alicyclic amines) is 1. The number of benzene rings is 2. The third-order valence-electron chi connectivity index (χ3n) is 7.02. The van der Waals surface area contributed by atoms with Gasteiger partial charge in [0.1, 0.15) is 12.6 Å². The number of aliphatic hydroxyl groups excluding tert-OH is 1. The van der Waals surface area contributed by atoms with E-state index >= 15 is 0 Å². The van der Waals surface area contributed by atoms with Crippen LogP contribution in [0.5, 0.6) is 0 Å². The topological polar surface area (TPSA) is 99.2 Å². The molecular formula is C27H33N3O5. The van der Waals surface area contributed by atoms with Gasteiger partial charge in [0, 0.05) is 19.3 Å². The van der Waals surface area contributed by atoms with Crippen molar-refractivity contribution < 1.29 is 24.2 Å². The molecule has 0 aromatic heterocycles. The van der Waals surface area contributed by atoms with Crippen molar-refractivity contribution in [2.45, 2.75) is 50.8 Å². The molecule has 2 heterocycles. The molecule has 2 aromatic rings. The lowest BCUT2D eigenvalue weighted by Crippen LogP contribution is -2.52. The van der Waals surface area contributed by atoms with Gasteiger partial charge in [-0.25, -0.2) is 4.79 Å². The van der Waals surface area contributed by atoms with Crippen LogP contribution in [0.25, 0.3) is 0 Å². The first kappa shape index (κ1) is 24.7. The Morgan fingerprint density at radius 2 is 1.86 bits per heavy atom. The van der Waals surface area contributed by atoms with Gasteiger partial charge < -0.3 is 20.1 Å². The van der Waals surface area contributed by atoms with Crippen LogP contribution in [-0.4, -0.2) is 65.1 Å². The SMILES string of the molecule is CC(C)C[C@@H](C(=O)N1C[C@]2(C[C@H]1CO)C(=O)Nc1ccccc12)N(C)C(=O)OCc1ccccc1. The van der Waals surface area contributed by atoms with Crippen LogP contribution in [0.2, 0.25) is 0 Å². The van der Waals surface area contributed by atoms with Gasteiger partial charge >= 0.3 is 6.09 Å². The van der Waals surface area contributed by atoms with Crippen molar-refractivity contribution in [1.29, 1.82) is 0 Å². The molecule has 1 saturated heterocycles. The van der Waals surface area contributed by atoms with Crippen molar-refractivity contribution in [2.75, 3.05) is 25.5 Å². The van der Waals surface area contributed by atoms with Crippen molar-refractivity contribution in [3.63, 3.8) is 0 Å². The lowest BCUT2D eigenvalue weighted by Gasteiger charge is -2.33. The quantitative estimate of drug-likeness (QED) is 0.636. The lowest BCUT2D eigenvalue weighted by atomic mass is 9.79. The van der Waals surface area contributed by atoms with Gasteiger partial charge in [-0.2, -0.15) is 0 Å². The van der Waals surface area contributed by atoms with Crippen LogP contribution in [0.4, 0.5) is 10.5 Å². The number of rotatable bonds is 7. The second-order valence-electron chi connectivity index (χ2n) is 9.88. The molecule has 8 nitrogen and oxygen atoms in total. The Morgan fingerprint density at radius 3 is 2.54 bits per heavy atom. The molecule has 0 saturated carbocycles. The zero-order valence-corrected chi connectivity index (χ0v) is 20.4. The van der Waals surface area contributed by atoms with E-state index in [1.165, 1.54) is 4.90 Å². The Hall–Kier alpha value is -3.39. The van der Waals surface area contributed by atoms with Gasteiger partial charge in [0.15, 0.2) is 0 Å². The highest BCUT2D eigenvalue weighted by atomic mass is 16.6. The van der Waals surface area contributed by atoms with Crippen molar-refractivity contribution >= 4 is 23.6 Å². The maximum absolute atomic E-state index is 13.9. The number of fused-ring (bicyclic) bond motifs is 2. The number of amides is 3. The number of nitrogens with zero attached hydrogens (tertiary/aromatic N) is 2. The van der Waals surface area contributed by atoms with Crippen LogP contribution < -0.4 is 5.32 Å². The van der Waals surface area contributed by atoms with Gasteiger partial charge in [-0.05, 0) is 36.0 Å². The van der Waals surface area contributed by atoms with Gasteiger partial charge in [0.25, 0.3) is 0 Å². The first-order valence-corrected chi connectivity index (χ1v) is 12.0. The fourth-order valence-corrected chi connectivity index (χ4v) is 5.16. The molecule has 0 unspecified atom stereocenters. The zero-order valence-electron chi connectivity index (χ0n) is 20.4. The van der Waals surface area contributed by atoms with Gasteiger partial charge in [0.05, 0.1) is 18.1 Å². The Bertz CT molecular complexity index is 1090. The molecule has 3 amide bonds. The molecular weight excluding hydrogens is 446 g/mol. The van der Waals surface area contributed by atoms with Gasteiger partial charge in [-0.3, -0.25) is 14.5 Å². The van der Waals surface area contributed by atoms with E-state index < -0.39 is 23.6 Å². The minimum atomic E-state index is -0.908. The standard InChI is InChI=1S/C27H33N3O5/c1-18(2)13-23(29(3)26(34)35-16-19-9-5-4-6-10-19)24(32)30-17-27(14-20(30)15-31)21-11-7-8-12-22(21)28-25(27)33/h4-12,18,20,23,31H,13-17H2,1-3H3,(H,28,33)/t20-,23-,27-/m0/s1. The molecule has 0 bridgehead atoms. The monoisotopic (exact) mass is 479 g/mol. The summed E-state index contributed by atoms with van der Waals surface area (Å²) < 4.78 is 5.48. The van der Waals surface area contributed by atoms with Crippen LogP contribution in [0, 0.1) is 5.92 Å². The largest absolute Gasteiger partial charge is 0.445 e. The van der Waals surface area contributed by atoms with E-state index in [4.69, 9.17) is 4.74 Å². The highest BCUT2D eigenvalue weighted by Crippen LogP contribution is 2.46. The minimum absolute atomic E-state index is 0.107. The number of nitrogens with one attached hydrogen (secondary N) is 1. The third kappa shape index (κ3) is 4.75. The number of likely N-dealkylation sites (N-methyl/N-ethyl adjacent to an activating group) is 1. The molecule has 8 heteroatoms. The maximum Gasteiger partial charge on any atom is 0.410 e. The summed E-state index contributed by atoms with van der Waals surface area (Å²) in [6.07, 6.45) is 0.167. The van der Waals surface area contributed by atoms with Crippen LogP contribution in [0.1, 0.15) is 37.8 Å². The summed E-state index contributed by atoms with van der Waals surface area (Å²) in [5.74, 6) is -0.317. The van der Waals surface area contributed by atoms with E-state index in [-0.39, 0.29) is 37.5 Å². The molecule has 0 radical (unpaired) electrons. The van der Waals surface area contributed by atoms with Gasteiger partial charge in [0.2, 0.25) is 11.8 Å². The molecule has 1 spiro atoms. The maximum atomic E-state index is 13.9. The fourth-order valence-electron chi connectivity index (χ4n) is 5.16. The summed E-state index contributed by atoms with van der Waals surface area (Å²) in [6, 6.07) is 15.5. The molecule has 1 fully saturated rings. The molecule has 2 aliphatic heterocycles. The molecule has 35 heavy (non-hydrogen) atoms. The Kier molecular flexibility index (Phi) is 7.12. The molecule has 2 aromatic carbocycles. The first-order valence-electron chi connectivity index (χ1n) is 12.0. The normalized spacial score (nSPS) is 21.7. The van der Waals surface area contributed by atoms with Gasteiger partial charge in [-0.1, -0.05) is 62.4 Å². The number of carbonyl (C=O) groups is 3. The second kappa shape index (κ2) is 10.1. The van der Waals surface area contributed by atoms with Crippen molar-refractivity contribution in [3.8, 4) is 0 Å². The minimum Gasteiger partial charge on any atom is -0.445 e. The average molecular weight is 480 g/mol. The number of para-hydroxylation sites is 1. The summed E-state index contributed by atoms with van der Waals surface area (Å²) in [7, 11) is 1.57. The lowest BCUT2D eigenvalue weighted by molar-refractivity contribution is -0.138. The molecule has 4 rings (SSSR count). The molecule has 2 N–H and O–H groups in total. The molecule has 186 valence electrons. The van der Waals surface area contributed by atoms with E-state index in [2.05, 4.69) is 5.32 Å². The van der Waals surface area contributed by atoms with Gasteiger partial charge in [-0.15, -0.1) is 0 Å². The van der Waals surface area contributed by atoms with Crippen LogP contribution in [0.15, 0.2) is 54.6 Å². The summed E-state index contributed by atoms with van der Waals surface area (Å²) in [5, 5.41) is 13.1. The third-order valence-corrected chi connectivity index (χ3v) is 7.02. The summed E-state index contributed by atoms with van der Waals surface area (Å²) in [6.45, 7) is 3.97. The highest BCUT2D eigenvalue weighted by molar-refractivity contribution is 6.07. The van der Waals surface area contributed by atoms with Crippen molar-refractivity contribution in [2.24, 2.45) is 5.92 Å². The van der Waals surface area contributed by atoms with E-state index in [0.29, 0.717) is 12.8 Å².